The molecule has 2 aromatic carbocycles. The van der Waals surface area contributed by atoms with E-state index in [9.17, 15) is 5.11 Å². The highest BCUT2D eigenvalue weighted by atomic mass is 16.5. The van der Waals surface area contributed by atoms with E-state index in [0.717, 1.165) is 35.5 Å². The summed E-state index contributed by atoms with van der Waals surface area (Å²) in [6.45, 7) is 4.76. The van der Waals surface area contributed by atoms with Crippen LogP contribution in [0.5, 0.6) is 17.4 Å². The Labute approximate surface area is 211 Å². The number of aromatic hydroxyl groups is 1. The Hall–Kier alpha value is -3.65. The molecule has 1 fully saturated rings. The average molecular weight is 489 g/mol. The van der Waals surface area contributed by atoms with Crippen LogP contribution < -0.4 is 9.47 Å². The van der Waals surface area contributed by atoms with E-state index in [4.69, 9.17) is 19.2 Å². The molecule has 0 saturated heterocycles. The summed E-state index contributed by atoms with van der Waals surface area (Å²) in [5.74, 6) is 2.35. The molecule has 8 heteroatoms. The van der Waals surface area contributed by atoms with Crippen molar-refractivity contribution in [1.82, 2.24) is 19.5 Å². The summed E-state index contributed by atoms with van der Waals surface area (Å²) < 4.78 is 19.8. The molecule has 0 unspecified atom stereocenters. The number of rotatable bonds is 9. The van der Waals surface area contributed by atoms with Gasteiger partial charge in [0.25, 0.3) is 0 Å². The molecule has 2 aromatic rings. The van der Waals surface area contributed by atoms with E-state index >= 15 is 0 Å². The first kappa shape index (κ1) is 24.1. The molecule has 188 valence electrons. The number of nitrogens with zero attached hydrogens (tertiary/aromatic N) is 4. The van der Waals surface area contributed by atoms with Gasteiger partial charge < -0.3 is 23.9 Å². The number of methoxy groups -OCH3 is 1. The Bertz CT molecular complexity index is 1280. The van der Waals surface area contributed by atoms with Gasteiger partial charge in [-0.05, 0) is 62.8 Å². The van der Waals surface area contributed by atoms with Crippen LogP contribution in [0.4, 0.5) is 0 Å². The molecule has 0 atom stereocenters. The molecule has 1 saturated carbocycles. The maximum atomic E-state index is 10.4. The van der Waals surface area contributed by atoms with Crippen LogP contribution in [0.2, 0.25) is 0 Å². The van der Waals surface area contributed by atoms with Crippen molar-refractivity contribution in [3.63, 3.8) is 0 Å². The second kappa shape index (κ2) is 10.1. The molecule has 36 heavy (non-hydrogen) atoms. The number of hydrogen-bond acceptors (Lipinski definition) is 7. The Morgan fingerprint density at radius 2 is 1.78 bits per heavy atom. The minimum atomic E-state index is -0.762. The van der Waals surface area contributed by atoms with E-state index in [1.54, 1.807) is 13.4 Å². The Morgan fingerprint density at radius 1 is 1.00 bits per heavy atom. The number of hydrogen-bond donors (Lipinski definition) is 1. The Balaban J connectivity index is 1.40. The Kier molecular flexibility index (Phi) is 6.78. The molecular formula is C28H32N4O4. The zero-order valence-corrected chi connectivity index (χ0v) is 21.0. The maximum Gasteiger partial charge on any atom is 0.242 e. The molecule has 8 nitrogen and oxygen atoms in total. The molecule has 3 aliphatic rings. The number of fused-ring (bicyclic) bond motifs is 1. The van der Waals surface area contributed by atoms with Gasteiger partial charge in [-0.15, -0.1) is 0 Å². The van der Waals surface area contributed by atoms with Gasteiger partial charge in [0, 0.05) is 0 Å². The molecule has 0 radical (unpaired) electrons. The molecule has 0 amide bonds. The molecule has 2 aliphatic heterocycles. The third-order valence-corrected chi connectivity index (χ3v) is 6.60. The quantitative estimate of drug-likeness (QED) is 0.341. The first-order valence-corrected chi connectivity index (χ1v) is 12.4. The highest BCUT2D eigenvalue weighted by Crippen LogP contribution is 2.35. The van der Waals surface area contributed by atoms with E-state index in [0.29, 0.717) is 30.5 Å². The zero-order chi connectivity index (χ0) is 25.1. The van der Waals surface area contributed by atoms with Crippen molar-refractivity contribution in [2.75, 3.05) is 7.11 Å². The fraction of sp³-hybridized carbons (Fsp3) is 0.393. The van der Waals surface area contributed by atoms with Gasteiger partial charge in [0.15, 0.2) is 28.8 Å². The van der Waals surface area contributed by atoms with Crippen molar-refractivity contribution in [3.05, 3.63) is 71.8 Å². The Morgan fingerprint density at radius 3 is 2.53 bits per heavy atom. The third-order valence-electron chi connectivity index (χ3n) is 6.60. The predicted molar refractivity (Wildman–Crippen MR) is 135 cm³/mol. The lowest BCUT2D eigenvalue weighted by Crippen LogP contribution is -2.23. The fourth-order valence-corrected chi connectivity index (χ4v) is 4.51. The zero-order valence-electron chi connectivity index (χ0n) is 21.0. The SMILES string of the molecule is COc1ccc(Cn2cnc(O)c3nc(C(C)(C)OCc4ccccc4)nc2-3)cc1OC1CCCC1. The lowest BCUT2D eigenvalue weighted by Gasteiger charge is -2.22. The molecule has 1 N–H and O–H groups in total. The molecule has 0 aromatic heterocycles. The summed E-state index contributed by atoms with van der Waals surface area (Å²) in [5.41, 5.74) is 1.66. The number of ether oxygens (including phenoxy) is 3. The highest BCUT2D eigenvalue weighted by molar-refractivity contribution is 5.58. The lowest BCUT2D eigenvalue weighted by atomic mass is 10.1. The van der Waals surface area contributed by atoms with Crippen LogP contribution in [0.1, 0.15) is 56.5 Å². The van der Waals surface area contributed by atoms with Gasteiger partial charge in [0.05, 0.1) is 26.4 Å². The van der Waals surface area contributed by atoms with Crippen LogP contribution >= 0.6 is 0 Å². The number of benzene rings is 2. The molecular weight excluding hydrogens is 456 g/mol. The second-order valence-electron chi connectivity index (χ2n) is 9.71. The topological polar surface area (TPSA) is 91.5 Å². The second-order valence-corrected chi connectivity index (χ2v) is 9.71. The number of imidazole rings is 1. The fourth-order valence-electron chi connectivity index (χ4n) is 4.51. The summed E-state index contributed by atoms with van der Waals surface area (Å²) in [4.78, 5) is 13.5. The normalized spacial score (nSPS) is 14.4. The van der Waals surface area contributed by atoms with Crippen molar-refractivity contribution in [2.24, 2.45) is 0 Å². The molecule has 2 heterocycles. The van der Waals surface area contributed by atoms with Gasteiger partial charge >= 0.3 is 0 Å². The van der Waals surface area contributed by atoms with E-state index in [1.807, 2.05) is 66.9 Å². The van der Waals surface area contributed by atoms with Gasteiger partial charge in [-0.1, -0.05) is 36.4 Å². The average Bonchev–Trinajstić information content (AvgIpc) is 3.57. The monoisotopic (exact) mass is 488 g/mol. The predicted octanol–water partition coefficient (Wildman–Crippen LogP) is 5.31. The van der Waals surface area contributed by atoms with Crippen LogP contribution in [0, 0.1) is 0 Å². The molecule has 1 aliphatic carbocycles. The third kappa shape index (κ3) is 5.14. The molecule has 0 spiro atoms. The van der Waals surface area contributed by atoms with E-state index in [-0.39, 0.29) is 12.0 Å². The standard InChI is InChI=1S/C28H32N4O4/c1-28(2,35-17-19-9-5-4-6-10-19)27-30-24-25(31-27)32(18-29-26(24)33)16-20-13-14-22(34-3)23(15-20)36-21-11-7-8-12-21/h4-6,9-10,13-15,18,21,33H,7-8,11-12,16-17H2,1-3H3. The lowest BCUT2D eigenvalue weighted by molar-refractivity contribution is -0.0393. The van der Waals surface area contributed by atoms with Crippen molar-refractivity contribution < 1.29 is 19.3 Å². The van der Waals surface area contributed by atoms with Crippen LogP contribution in [-0.4, -0.2) is 37.8 Å². The molecule has 5 rings (SSSR count). The number of aromatic nitrogens is 4. The first-order valence-electron chi connectivity index (χ1n) is 12.4. The van der Waals surface area contributed by atoms with Gasteiger partial charge in [-0.2, -0.15) is 0 Å². The minimum absolute atomic E-state index is 0.154. The summed E-state index contributed by atoms with van der Waals surface area (Å²) in [5, 5.41) is 10.4. The van der Waals surface area contributed by atoms with Gasteiger partial charge in [0.2, 0.25) is 5.88 Å². The van der Waals surface area contributed by atoms with Gasteiger partial charge in [0.1, 0.15) is 11.9 Å². The van der Waals surface area contributed by atoms with E-state index in [1.165, 1.54) is 12.8 Å². The van der Waals surface area contributed by atoms with Crippen molar-refractivity contribution in [2.45, 2.75) is 64.4 Å². The van der Waals surface area contributed by atoms with Gasteiger partial charge in [-0.3, -0.25) is 0 Å². The summed E-state index contributed by atoms with van der Waals surface area (Å²) >= 11 is 0. The van der Waals surface area contributed by atoms with Gasteiger partial charge in [-0.25, -0.2) is 15.0 Å². The van der Waals surface area contributed by atoms with E-state index in [2.05, 4.69) is 9.97 Å². The highest BCUT2D eigenvalue weighted by Gasteiger charge is 2.31. The maximum absolute atomic E-state index is 10.4. The van der Waals surface area contributed by atoms with Crippen LogP contribution in [-0.2, 0) is 23.5 Å². The minimum Gasteiger partial charge on any atom is -0.493 e. The van der Waals surface area contributed by atoms with Crippen LogP contribution in [0.3, 0.4) is 0 Å². The van der Waals surface area contributed by atoms with Crippen molar-refractivity contribution in [3.8, 4) is 28.9 Å². The summed E-state index contributed by atoms with van der Waals surface area (Å²) in [7, 11) is 1.65. The smallest absolute Gasteiger partial charge is 0.242 e. The van der Waals surface area contributed by atoms with Crippen LogP contribution in [0.25, 0.3) is 11.5 Å². The van der Waals surface area contributed by atoms with E-state index < -0.39 is 5.60 Å². The van der Waals surface area contributed by atoms with Crippen molar-refractivity contribution >= 4 is 0 Å². The van der Waals surface area contributed by atoms with Crippen LogP contribution in [0.15, 0.2) is 54.9 Å². The summed E-state index contributed by atoms with van der Waals surface area (Å²) in [6, 6.07) is 15.9. The largest absolute Gasteiger partial charge is 0.493 e. The van der Waals surface area contributed by atoms with Crippen molar-refractivity contribution in [1.29, 1.82) is 0 Å². The first-order chi connectivity index (χ1) is 17.4. The molecule has 0 bridgehead atoms. The summed E-state index contributed by atoms with van der Waals surface area (Å²) in [6.07, 6.45) is 6.34.